The quantitative estimate of drug-likeness (QED) is 0.468. The number of ether oxygens (including phenoxy) is 1. The van der Waals surface area contributed by atoms with E-state index in [2.05, 4.69) is 15.6 Å². The summed E-state index contributed by atoms with van der Waals surface area (Å²) in [6.07, 6.45) is -0.00309. The molecule has 3 N–H and O–H groups in total. The second kappa shape index (κ2) is 6.71. The van der Waals surface area contributed by atoms with Gasteiger partial charge in [0, 0.05) is 25.2 Å². The molecular formula is C12H17N5O6. The number of urea groups is 1. The van der Waals surface area contributed by atoms with Crippen molar-refractivity contribution >= 4 is 6.03 Å². The largest absolute Gasteiger partial charge is 0.394 e. The number of hydrogen-bond acceptors (Lipinski definition) is 7. The minimum atomic E-state index is -0.769. The van der Waals surface area contributed by atoms with Gasteiger partial charge in [-0.1, -0.05) is 0 Å². The van der Waals surface area contributed by atoms with E-state index in [9.17, 15) is 24.4 Å². The number of H-pyrrole nitrogens is 1. The lowest BCUT2D eigenvalue weighted by atomic mass is 10.1. The number of hydrogen-bond donors (Lipinski definition) is 3. The van der Waals surface area contributed by atoms with Crippen LogP contribution in [0.4, 0.5) is 4.79 Å². The number of amides is 2. The summed E-state index contributed by atoms with van der Waals surface area (Å²) in [5.41, 5.74) is -0.821. The van der Waals surface area contributed by atoms with E-state index in [1.807, 2.05) is 0 Å². The number of aryl methyl sites for hydroxylation is 1. The number of aromatic amines is 1. The molecule has 0 unspecified atom stereocenters. The van der Waals surface area contributed by atoms with Crippen LogP contribution in [-0.4, -0.2) is 51.5 Å². The summed E-state index contributed by atoms with van der Waals surface area (Å²) >= 11 is 0. The highest BCUT2D eigenvalue weighted by atomic mass is 16.5. The molecule has 1 aliphatic rings. The third-order valence-electron chi connectivity index (χ3n) is 3.60. The molecule has 0 radical (unpaired) electrons. The fourth-order valence-corrected chi connectivity index (χ4v) is 2.31. The van der Waals surface area contributed by atoms with Crippen molar-refractivity contribution in [3.8, 4) is 0 Å². The van der Waals surface area contributed by atoms with Gasteiger partial charge >= 0.3 is 11.7 Å². The predicted molar refractivity (Wildman–Crippen MR) is 77.6 cm³/mol. The number of nitrogens with zero attached hydrogens (tertiary/aromatic N) is 3. The SMILES string of the molecule is Cc1cn([C@H]2C[C@H](NC(=O)N(C)N=O)[C@@H](CO)O2)c(=O)[nH]c1=O. The molecule has 1 aromatic heterocycles. The maximum absolute atomic E-state index is 11.9. The third kappa shape index (κ3) is 3.46. The van der Waals surface area contributed by atoms with Crippen LogP contribution in [0.2, 0.25) is 0 Å². The normalized spacial score (nSPS) is 23.5. The molecule has 3 atom stereocenters. The van der Waals surface area contributed by atoms with Crippen molar-refractivity contribution in [2.45, 2.75) is 31.7 Å². The van der Waals surface area contributed by atoms with Gasteiger partial charge in [0.25, 0.3) is 5.56 Å². The molecule has 0 saturated carbocycles. The number of aliphatic hydroxyl groups excluding tert-OH is 1. The molecule has 2 heterocycles. The first-order chi connectivity index (χ1) is 10.9. The lowest BCUT2D eigenvalue weighted by Crippen LogP contribution is -2.45. The topological polar surface area (TPSA) is 146 Å². The molecule has 0 aliphatic carbocycles. The van der Waals surface area contributed by atoms with Crippen LogP contribution in [0.5, 0.6) is 0 Å². The Kier molecular flexibility index (Phi) is 4.91. The molecule has 11 nitrogen and oxygen atoms in total. The lowest BCUT2D eigenvalue weighted by Gasteiger charge is -2.18. The van der Waals surface area contributed by atoms with Crippen LogP contribution in [0.1, 0.15) is 18.2 Å². The molecule has 1 fully saturated rings. The highest BCUT2D eigenvalue weighted by Crippen LogP contribution is 2.27. The number of nitrogens with one attached hydrogen (secondary N) is 2. The molecule has 0 bridgehead atoms. The summed E-state index contributed by atoms with van der Waals surface area (Å²) in [6, 6.07) is -1.38. The van der Waals surface area contributed by atoms with Crippen molar-refractivity contribution in [1.82, 2.24) is 19.9 Å². The van der Waals surface area contributed by atoms with Crippen molar-refractivity contribution < 1.29 is 14.6 Å². The molecule has 1 aliphatic heterocycles. The Morgan fingerprint density at radius 1 is 1.61 bits per heavy atom. The van der Waals surface area contributed by atoms with Gasteiger partial charge in [0.15, 0.2) is 0 Å². The summed E-state index contributed by atoms with van der Waals surface area (Å²) in [6.45, 7) is 1.15. The van der Waals surface area contributed by atoms with E-state index in [0.29, 0.717) is 10.6 Å². The van der Waals surface area contributed by atoms with Gasteiger partial charge in [-0.2, -0.15) is 5.01 Å². The minimum absolute atomic E-state index is 0.176. The second-order valence-corrected chi connectivity index (χ2v) is 5.19. The number of rotatable bonds is 4. The average Bonchev–Trinajstić information content (AvgIpc) is 2.92. The van der Waals surface area contributed by atoms with E-state index in [-0.39, 0.29) is 6.42 Å². The molecule has 2 amide bonds. The molecular weight excluding hydrogens is 310 g/mol. The molecule has 0 spiro atoms. The van der Waals surface area contributed by atoms with Gasteiger partial charge < -0.3 is 15.2 Å². The van der Waals surface area contributed by atoms with E-state index >= 15 is 0 Å². The summed E-state index contributed by atoms with van der Waals surface area (Å²) in [5.74, 6) is 0. The second-order valence-electron chi connectivity index (χ2n) is 5.19. The van der Waals surface area contributed by atoms with Gasteiger partial charge in [-0.15, -0.1) is 4.91 Å². The monoisotopic (exact) mass is 327 g/mol. The van der Waals surface area contributed by atoms with Crippen LogP contribution in [0.15, 0.2) is 21.1 Å². The summed E-state index contributed by atoms with van der Waals surface area (Å²) < 4.78 is 6.74. The molecule has 23 heavy (non-hydrogen) atoms. The van der Waals surface area contributed by atoms with Crippen LogP contribution in [0.3, 0.4) is 0 Å². The van der Waals surface area contributed by atoms with E-state index < -0.39 is 42.3 Å². The molecule has 2 rings (SSSR count). The van der Waals surface area contributed by atoms with Gasteiger partial charge in [-0.3, -0.25) is 14.3 Å². The summed E-state index contributed by atoms with van der Waals surface area (Å²) in [4.78, 5) is 47.4. The predicted octanol–water partition coefficient (Wildman–Crippen LogP) is -1.18. The maximum atomic E-state index is 11.9. The number of carbonyl (C=O) groups is 1. The highest BCUT2D eigenvalue weighted by Gasteiger charge is 2.37. The highest BCUT2D eigenvalue weighted by molar-refractivity contribution is 5.73. The molecule has 1 saturated heterocycles. The Balaban J connectivity index is 2.20. The summed E-state index contributed by atoms with van der Waals surface area (Å²) in [7, 11) is 1.18. The van der Waals surface area contributed by atoms with Crippen LogP contribution in [0, 0.1) is 11.8 Å². The first-order valence-corrected chi connectivity index (χ1v) is 6.83. The van der Waals surface area contributed by atoms with Crippen LogP contribution in [-0.2, 0) is 4.74 Å². The number of carbonyl (C=O) groups excluding carboxylic acids is 1. The average molecular weight is 327 g/mol. The first kappa shape index (κ1) is 16.8. The minimum Gasteiger partial charge on any atom is -0.394 e. The molecule has 126 valence electrons. The van der Waals surface area contributed by atoms with E-state index in [1.54, 1.807) is 0 Å². The van der Waals surface area contributed by atoms with Crippen LogP contribution in [0.25, 0.3) is 0 Å². The standard InChI is InChI=1S/C12H17N5O6/c1-6-4-17(12(21)14-10(6)19)9-3-7(8(5-18)23-9)13-11(20)16(2)15-22/h4,7-9,18H,3,5H2,1-2H3,(H,13,20)(H,14,19,21)/t7-,8+,9+/m0/s1. The maximum Gasteiger partial charge on any atom is 0.340 e. The first-order valence-electron chi connectivity index (χ1n) is 6.83. The van der Waals surface area contributed by atoms with E-state index in [0.717, 1.165) is 0 Å². The summed E-state index contributed by atoms with van der Waals surface area (Å²) in [5, 5.41) is 14.9. The van der Waals surface area contributed by atoms with Crippen molar-refractivity contribution in [1.29, 1.82) is 0 Å². The fraction of sp³-hybridized carbons (Fsp3) is 0.583. The van der Waals surface area contributed by atoms with Crippen molar-refractivity contribution in [3.05, 3.63) is 37.5 Å². The van der Waals surface area contributed by atoms with E-state index in [4.69, 9.17) is 4.74 Å². The van der Waals surface area contributed by atoms with Gasteiger partial charge in [0.05, 0.1) is 17.9 Å². The fourth-order valence-electron chi connectivity index (χ4n) is 2.31. The Morgan fingerprint density at radius 2 is 2.30 bits per heavy atom. The van der Waals surface area contributed by atoms with Crippen LogP contribution >= 0.6 is 0 Å². The van der Waals surface area contributed by atoms with Gasteiger partial charge in [-0.05, 0) is 6.92 Å². The molecule has 11 heteroatoms. The molecule has 1 aromatic rings. The van der Waals surface area contributed by atoms with Crippen LogP contribution < -0.4 is 16.6 Å². The smallest absolute Gasteiger partial charge is 0.340 e. The Bertz CT molecular complexity index is 713. The number of aromatic nitrogens is 2. The Morgan fingerprint density at radius 3 is 2.91 bits per heavy atom. The van der Waals surface area contributed by atoms with E-state index in [1.165, 1.54) is 24.7 Å². The van der Waals surface area contributed by atoms with Gasteiger partial charge in [-0.25, -0.2) is 9.59 Å². The number of nitroso groups, excluding NO2 is 1. The Labute approximate surface area is 129 Å². The zero-order valence-electron chi connectivity index (χ0n) is 12.6. The van der Waals surface area contributed by atoms with Gasteiger partial charge in [0.1, 0.15) is 12.3 Å². The number of aliphatic hydroxyl groups is 1. The molecule has 0 aromatic carbocycles. The third-order valence-corrected chi connectivity index (χ3v) is 3.60. The van der Waals surface area contributed by atoms with Crippen molar-refractivity contribution in [2.75, 3.05) is 13.7 Å². The van der Waals surface area contributed by atoms with Crippen molar-refractivity contribution in [3.63, 3.8) is 0 Å². The van der Waals surface area contributed by atoms with Gasteiger partial charge in [0.2, 0.25) is 0 Å². The zero-order valence-corrected chi connectivity index (χ0v) is 12.6. The Hall–Kier alpha value is -2.53. The van der Waals surface area contributed by atoms with Crippen molar-refractivity contribution in [2.24, 2.45) is 5.29 Å². The zero-order chi connectivity index (χ0) is 17.1. The lowest BCUT2D eigenvalue weighted by molar-refractivity contribution is -0.0286.